The van der Waals surface area contributed by atoms with E-state index in [1.54, 1.807) is 0 Å². The van der Waals surface area contributed by atoms with E-state index in [-0.39, 0.29) is 0 Å². The molecule has 1 aromatic rings. The van der Waals surface area contributed by atoms with Crippen LogP contribution in [0.2, 0.25) is 0 Å². The van der Waals surface area contributed by atoms with Crippen LogP contribution >= 0.6 is 24.0 Å². The highest BCUT2D eigenvalue weighted by Gasteiger charge is 2.29. The smallest absolute Gasteiger partial charge is 0.177 e. The number of thioether (sulfide) groups is 1. The first-order valence-corrected chi connectivity index (χ1v) is 7.29. The topological polar surface area (TPSA) is 20.7 Å². The lowest BCUT2D eigenvalue weighted by atomic mass is 10.2. The number of H-pyrrole nitrogens is 1. The lowest BCUT2D eigenvalue weighted by Crippen LogP contribution is -2.17. The number of hydrogen-bond acceptors (Lipinski definition) is 2. The Hall–Kier alpha value is -0.220. The number of aromatic amines is 1. The van der Waals surface area contributed by atoms with Gasteiger partial charge in [-0.3, -0.25) is 0 Å². The molecule has 0 amide bonds. The third kappa shape index (κ3) is 2.02. The van der Waals surface area contributed by atoms with E-state index in [0.717, 1.165) is 16.4 Å². The molecule has 0 saturated heterocycles. The predicted octanol–water partition coefficient (Wildman–Crippen LogP) is 3.56. The van der Waals surface area contributed by atoms with Crippen LogP contribution in [0.1, 0.15) is 37.9 Å². The Morgan fingerprint density at radius 1 is 1.60 bits per heavy atom. The maximum atomic E-state index is 5.37. The number of imidazole rings is 1. The minimum absolute atomic E-state index is 0.619. The first kappa shape index (κ1) is 11.3. The van der Waals surface area contributed by atoms with Crippen molar-refractivity contribution in [2.45, 2.75) is 43.9 Å². The molecular weight excluding hydrogens is 224 g/mol. The molecule has 1 N–H and O–H groups in total. The molecule has 0 spiro atoms. The monoisotopic (exact) mass is 242 g/mol. The summed E-state index contributed by atoms with van der Waals surface area (Å²) >= 11 is 7.36. The van der Waals surface area contributed by atoms with E-state index in [0.29, 0.717) is 6.04 Å². The Kier molecular flexibility index (Phi) is 3.57. The van der Waals surface area contributed by atoms with E-state index >= 15 is 0 Å². The fourth-order valence-corrected chi connectivity index (χ4v) is 3.81. The van der Waals surface area contributed by atoms with Gasteiger partial charge >= 0.3 is 0 Å². The molecule has 4 heteroatoms. The Morgan fingerprint density at radius 3 is 3.07 bits per heavy atom. The number of nitrogens with zero attached hydrogens (tertiary/aromatic N) is 1. The number of rotatable bonds is 3. The van der Waals surface area contributed by atoms with Crippen LogP contribution in [0.25, 0.3) is 0 Å². The highest BCUT2D eigenvalue weighted by Crippen LogP contribution is 2.38. The molecule has 1 saturated carbocycles. The second-order valence-electron chi connectivity index (χ2n) is 4.08. The third-order valence-corrected chi connectivity index (χ3v) is 4.77. The molecular formula is C11H18N2S2. The molecule has 84 valence electrons. The molecule has 2 atom stereocenters. The van der Waals surface area contributed by atoms with Crippen molar-refractivity contribution in [3.05, 3.63) is 16.7 Å². The molecule has 1 aliphatic carbocycles. The fraction of sp³-hybridized carbons (Fsp3) is 0.727. The van der Waals surface area contributed by atoms with Crippen molar-refractivity contribution in [1.82, 2.24) is 9.55 Å². The molecule has 2 nitrogen and oxygen atoms in total. The summed E-state index contributed by atoms with van der Waals surface area (Å²) in [6.07, 6.45) is 9.30. The van der Waals surface area contributed by atoms with Crippen molar-refractivity contribution in [2.24, 2.45) is 0 Å². The zero-order valence-corrected chi connectivity index (χ0v) is 11.0. The van der Waals surface area contributed by atoms with Crippen LogP contribution in [0, 0.1) is 4.77 Å². The molecule has 0 radical (unpaired) electrons. The molecule has 0 aromatic carbocycles. The zero-order valence-electron chi connectivity index (χ0n) is 9.32. The first-order chi connectivity index (χ1) is 7.27. The third-order valence-electron chi connectivity index (χ3n) is 3.30. The minimum Gasteiger partial charge on any atom is -0.337 e. The van der Waals surface area contributed by atoms with Gasteiger partial charge in [0.15, 0.2) is 4.77 Å². The lowest BCUT2D eigenvalue weighted by molar-refractivity contribution is 0.506. The summed E-state index contributed by atoms with van der Waals surface area (Å²) in [4.78, 5) is 3.18. The standard InChI is InChI=1S/C11H18N2S2/c1-3-8-7-12-11(14)13(8)9-5-4-6-10(9)15-2/h7,9-10H,3-6H2,1-2H3,(H,12,14). The average Bonchev–Trinajstić information content (AvgIpc) is 2.82. The SMILES string of the molecule is CCc1c[nH]c(=S)n1C1CCCC1SC. The Bertz CT molecular complexity index is 380. The van der Waals surface area contributed by atoms with Gasteiger partial charge in [0, 0.05) is 23.2 Å². The largest absolute Gasteiger partial charge is 0.337 e. The molecule has 1 aromatic heterocycles. The average molecular weight is 242 g/mol. The summed E-state index contributed by atoms with van der Waals surface area (Å²) in [6.45, 7) is 2.19. The zero-order chi connectivity index (χ0) is 10.8. The second kappa shape index (κ2) is 4.74. The number of aromatic nitrogens is 2. The van der Waals surface area contributed by atoms with Crippen LogP contribution in [-0.4, -0.2) is 21.1 Å². The van der Waals surface area contributed by atoms with Gasteiger partial charge in [0.05, 0.1) is 0 Å². The Balaban J connectivity index is 2.35. The van der Waals surface area contributed by atoms with E-state index in [2.05, 4.69) is 28.9 Å². The van der Waals surface area contributed by atoms with Crippen molar-refractivity contribution in [3.8, 4) is 0 Å². The van der Waals surface area contributed by atoms with Crippen molar-refractivity contribution in [1.29, 1.82) is 0 Å². The highest BCUT2D eigenvalue weighted by atomic mass is 32.2. The molecule has 0 bridgehead atoms. The van der Waals surface area contributed by atoms with Gasteiger partial charge in [-0.05, 0) is 37.7 Å². The summed E-state index contributed by atoms with van der Waals surface area (Å²) in [5, 5.41) is 0.748. The van der Waals surface area contributed by atoms with Crippen LogP contribution in [0.3, 0.4) is 0 Å². The van der Waals surface area contributed by atoms with Gasteiger partial charge < -0.3 is 9.55 Å². The summed E-state index contributed by atoms with van der Waals surface area (Å²) in [6, 6.07) is 0.619. The van der Waals surface area contributed by atoms with Gasteiger partial charge in [-0.15, -0.1) is 0 Å². The van der Waals surface area contributed by atoms with Gasteiger partial charge in [0.1, 0.15) is 0 Å². The van der Waals surface area contributed by atoms with E-state index in [4.69, 9.17) is 12.2 Å². The molecule has 15 heavy (non-hydrogen) atoms. The number of hydrogen-bond donors (Lipinski definition) is 1. The predicted molar refractivity (Wildman–Crippen MR) is 69.2 cm³/mol. The number of nitrogens with one attached hydrogen (secondary N) is 1. The van der Waals surface area contributed by atoms with E-state index in [1.807, 2.05) is 11.8 Å². The molecule has 2 unspecified atom stereocenters. The van der Waals surface area contributed by atoms with Gasteiger partial charge in [0.2, 0.25) is 0 Å². The minimum atomic E-state index is 0.619. The maximum Gasteiger partial charge on any atom is 0.177 e. The lowest BCUT2D eigenvalue weighted by Gasteiger charge is -2.21. The summed E-state index contributed by atoms with van der Waals surface area (Å²) in [7, 11) is 0. The van der Waals surface area contributed by atoms with Crippen molar-refractivity contribution in [2.75, 3.05) is 6.26 Å². The van der Waals surface area contributed by atoms with Crippen LogP contribution in [0.15, 0.2) is 6.20 Å². The molecule has 1 heterocycles. The van der Waals surface area contributed by atoms with Crippen LogP contribution in [-0.2, 0) is 6.42 Å². The van der Waals surface area contributed by atoms with Crippen molar-refractivity contribution < 1.29 is 0 Å². The number of aryl methyl sites for hydroxylation is 1. The van der Waals surface area contributed by atoms with E-state index < -0.39 is 0 Å². The van der Waals surface area contributed by atoms with Gasteiger partial charge in [-0.25, -0.2) is 0 Å². The molecule has 0 aliphatic heterocycles. The van der Waals surface area contributed by atoms with Crippen LogP contribution in [0.4, 0.5) is 0 Å². The van der Waals surface area contributed by atoms with Crippen LogP contribution in [0.5, 0.6) is 0 Å². The highest BCUT2D eigenvalue weighted by molar-refractivity contribution is 7.99. The van der Waals surface area contributed by atoms with Crippen molar-refractivity contribution in [3.63, 3.8) is 0 Å². The van der Waals surface area contributed by atoms with E-state index in [9.17, 15) is 0 Å². The normalized spacial score (nSPS) is 26.0. The maximum absolute atomic E-state index is 5.37. The van der Waals surface area contributed by atoms with Gasteiger partial charge in [-0.2, -0.15) is 11.8 Å². The molecule has 1 aliphatic rings. The fourth-order valence-electron chi connectivity index (χ4n) is 2.53. The second-order valence-corrected chi connectivity index (χ2v) is 5.54. The quantitative estimate of drug-likeness (QED) is 0.818. The summed E-state index contributed by atoms with van der Waals surface area (Å²) < 4.78 is 3.25. The summed E-state index contributed by atoms with van der Waals surface area (Å²) in [5.41, 5.74) is 1.35. The van der Waals surface area contributed by atoms with Crippen molar-refractivity contribution >= 4 is 24.0 Å². The molecule has 2 rings (SSSR count). The van der Waals surface area contributed by atoms with E-state index in [1.165, 1.54) is 25.0 Å². The van der Waals surface area contributed by atoms with Gasteiger partial charge in [-0.1, -0.05) is 13.3 Å². The Morgan fingerprint density at radius 2 is 2.40 bits per heavy atom. The first-order valence-electron chi connectivity index (χ1n) is 5.59. The summed E-state index contributed by atoms with van der Waals surface area (Å²) in [5.74, 6) is 0. The van der Waals surface area contributed by atoms with Gasteiger partial charge in [0.25, 0.3) is 0 Å². The Labute approximate surface area is 100 Å². The molecule has 1 fully saturated rings. The van der Waals surface area contributed by atoms with Crippen LogP contribution < -0.4 is 0 Å².